The van der Waals surface area contributed by atoms with Gasteiger partial charge in [0.25, 0.3) is 0 Å². The number of hydrogen-bond donors (Lipinski definition) is 4. The Morgan fingerprint density at radius 2 is 2.00 bits per heavy atom. The number of carboxylic acid groups (broad SMARTS) is 1. The predicted molar refractivity (Wildman–Crippen MR) is 71.4 cm³/mol. The summed E-state index contributed by atoms with van der Waals surface area (Å²) in [4.78, 5) is 29.3. The molecule has 1 aromatic carbocycles. The van der Waals surface area contributed by atoms with E-state index in [1.54, 1.807) is 12.1 Å². The van der Waals surface area contributed by atoms with E-state index in [1.165, 1.54) is 6.07 Å². The molecule has 0 aliphatic carbocycles. The molecule has 0 fully saturated rings. The number of fused-ring (bicyclic) bond motifs is 1. The molecule has 0 aromatic heterocycles. The number of hydrogen-bond acceptors (Lipinski definition) is 3. The van der Waals surface area contributed by atoms with E-state index >= 15 is 0 Å². The van der Waals surface area contributed by atoms with E-state index in [2.05, 4.69) is 5.32 Å². The SMILES string of the molecule is CC.O=C(O)C1Cc2c(cccc2P(=O)(O)O)CN1. The summed E-state index contributed by atoms with van der Waals surface area (Å²) in [5.74, 6) is -1.02. The fourth-order valence-corrected chi connectivity index (χ4v) is 2.85. The van der Waals surface area contributed by atoms with Gasteiger partial charge in [-0.3, -0.25) is 9.36 Å². The van der Waals surface area contributed by atoms with E-state index in [-0.39, 0.29) is 11.7 Å². The molecule has 0 amide bonds. The van der Waals surface area contributed by atoms with Gasteiger partial charge in [-0.2, -0.15) is 0 Å². The summed E-state index contributed by atoms with van der Waals surface area (Å²) in [5, 5.41) is 11.6. The van der Waals surface area contributed by atoms with Gasteiger partial charge >= 0.3 is 13.6 Å². The van der Waals surface area contributed by atoms with Crippen LogP contribution in [0.3, 0.4) is 0 Å². The summed E-state index contributed by atoms with van der Waals surface area (Å²) in [5.41, 5.74) is 1.19. The zero-order valence-electron chi connectivity index (χ0n) is 10.8. The molecular weight excluding hydrogens is 269 g/mol. The molecule has 1 heterocycles. The lowest BCUT2D eigenvalue weighted by atomic mass is 9.96. The molecule has 106 valence electrons. The molecule has 19 heavy (non-hydrogen) atoms. The molecule has 1 aromatic rings. The van der Waals surface area contributed by atoms with Gasteiger partial charge in [0.2, 0.25) is 0 Å². The fourth-order valence-electron chi connectivity index (χ4n) is 1.98. The first-order valence-corrected chi connectivity index (χ1v) is 7.64. The summed E-state index contributed by atoms with van der Waals surface area (Å²) in [6.45, 7) is 4.31. The second kappa shape index (κ2) is 6.30. The van der Waals surface area contributed by atoms with Gasteiger partial charge in [-0.1, -0.05) is 26.0 Å². The second-order valence-corrected chi connectivity index (χ2v) is 5.50. The highest BCUT2D eigenvalue weighted by Crippen LogP contribution is 2.36. The Labute approximate surface area is 111 Å². The molecule has 1 unspecified atom stereocenters. The molecule has 0 saturated heterocycles. The summed E-state index contributed by atoms with van der Waals surface area (Å²) in [6, 6.07) is 3.86. The van der Waals surface area contributed by atoms with Gasteiger partial charge < -0.3 is 20.2 Å². The third kappa shape index (κ3) is 3.64. The van der Waals surface area contributed by atoms with Crippen LogP contribution < -0.4 is 10.6 Å². The van der Waals surface area contributed by atoms with Crippen molar-refractivity contribution in [1.29, 1.82) is 0 Å². The minimum Gasteiger partial charge on any atom is -0.480 e. The van der Waals surface area contributed by atoms with E-state index in [0.717, 1.165) is 5.56 Å². The summed E-state index contributed by atoms with van der Waals surface area (Å²) < 4.78 is 11.3. The average molecular weight is 287 g/mol. The molecule has 4 N–H and O–H groups in total. The van der Waals surface area contributed by atoms with Crippen molar-refractivity contribution in [3.8, 4) is 0 Å². The summed E-state index contributed by atoms with van der Waals surface area (Å²) in [7, 11) is -4.36. The van der Waals surface area contributed by atoms with E-state index in [9.17, 15) is 19.1 Å². The van der Waals surface area contributed by atoms with Gasteiger partial charge in [0.05, 0.1) is 5.30 Å². The monoisotopic (exact) mass is 287 g/mol. The first kappa shape index (κ1) is 15.9. The maximum absolute atomic E-state index is 11.3. The number of carboxylic acids is 1. The molecule has 1 aliphatic rings. The summed E-state index contributed by atoms with van der Waals surface area (Å²) >= 11 is 0. The Balaban J connectivity index is 0.000000861. The molecule has 0 bridgehead atoms. The largest absolute Gasteiger partial charge is 0.480 e. The van der Waals surface area contributed by atoms with Crippen LogP contribution in [-0.4, -0.2) is 26.9 Å². The lowest BCUT2D eigenvalue weighted by molar-refractivity contribution is -0.139. The molecule has 0 spiro atoms. The first-order chi connectivity index (χ1) is 8.89. The maximum atomic E-state index is 11.3. The van der Waals surface area contributed by atoms with Crippen molar-refractivity contribution in [3.05, 3.63) is 29.3 Å². The Hall–Kier alpha value is -1.20. The highest BCUT2D eigenvalue weighted by atomic mass is 31.2. The van der Waals surface area contributed by atoms with E-state index in [1.807, 2.05) is 13.8 Å². The average Bonchev–Trinajstić information content (AvgIpc) is 2.38. The Morgan fingerprint density at radius 1 is 1.37 bits per heavy atom. The molecule has 7 heteroatoms. The Kier molecular flexibility index (Phi) is 5.26. The van der Waals surface area contributed by atoms with E-state index < -0.39 is 19.6 Å². The molecule has 6 nitrogen and oxygen atoms in total. The lowest BCUT2D eigenvalue weighted by Crippen LogP contribution is -2.43. The van der Waals surface area contributed by atoms with E-state index in [0.29, 0.717) is 12.1 Å². The second-order valence-electron chi connectivity index (χ2n) is 3.93. The number of rotatable bonds is 2. The lowest BCUT2D eigenvalue weighted by Gasteiger charge is -2.25. The van der Waals surface area contributed by atoms with Gasteiger partial charge in [0.1, 0.15) is 6.04 Å². The Morgan fingerprint density at radius 3 is 2.53 bits per heavy atom. The van der Waals surface area contributed by atoms with Crippen LogP contribution in [-0.2, 0) is 22.3 Å². The van der Waals surface area contributed by atoms with Crippen molar-refractivity contribution in [1.82, 2.24) is 5.32 Å². The van der Waals surface area contributed by atoms with Gasteiger partial charge in [-0.05, 0) is 23.6 Å². The van der Waals surface area contributed by atoms with Crippen LogP contribution >= 0.6 is 7.60 Å². The number of aliphatic carboxylic acids is 1. The first-order valence-electron chi connectivity index (χ1n) is 6.02. The summed E-state index contributed by atoms with van der Waals surface area (Å²) in [6.07, 6.45) is 0.0892. The number of carbonyl (C=O) groups is 1. The third-order valence-corrected chi connectivity index (χ3v) is 3.85. The predicted octanol–water partition coefficient (Wildman–Crippen LogP) is 0.615. The topological polar surface area (TPSA) is 107 Å². The van der Waals surface area contributed by atoms with Crippen LogP contribution in [0.4, 0.5) is 0 Å². The van der Waals surface area contributed by atoms with Crippen molar-refractivity contribution in [3.63, 3.8) is 0 Å². The normalized spacial score (nSPS) is 18.0. The standard InChI is InChI=1S/C10H12NO5P.C2H6/c12-10(13)8-4-7-6(5-11-8)2-1-3-9(7)17(14,15)16;1-2/h1-3,8,11H,4-5H2,(H,12,13)(H2,14,15,16);1-2H3. The zero-order valence-corrected chi connectivity index (χ0v) is 11.7. The smallest absolute Gasteiger partial charge is 0.356 e. The molecule has 1 aliphatic heterocycles. The van der Waals surface area contributed by atoms with Crippen molar-refractivity contribution in [2.24, 2.45) is 0 Å². The van der Waals surface area contributed by atoms with Gasteiger partial charge in [0, 0.05) is 6.54 Å². The van der Waals surface area contributed by atoms with Crippen LogP contribution in [0.2, 0.25) is 0 Å². The third-order valence-electron chi connectivity index (χ3n) is 2.81. The van der Waals surface area contributed by atoms with Crippen molar-refractivity contribution in [2.75, 3.05) is 0 Å². The molecule has 0 saturated carbocycles. The highest BCUT2D eigenvalue weighted by Gasteiger charge is 2.30. The van der Waals surface area contributed by atoms with Crippen LogP contribution in [0.1, 0.15) is 25.0 Å². The van der Waals surface area contributed by atoms with Crippen LogP contribution in [0.15, 0.2) is 18.2 Å². The fraction of sp³-hybridized carbons (Fsp3) is 0.417. The number of nitrogens with one attached hydrogen (secondary N) is 1. The van der Waals surface area contributed by atoms with Gasteiger partial charge in [0.15, 0.2) is 0 Å². The van der Waals surface area contributed by atoms with Gasteiger partial charge in [-0.15, -0.1) is 0 Å². The Bertz CT molecular complexity index is 511. The molecule has 2 rings (SSSR count). The van der Waals surface area contributed by atoms with Crippen molar-refractivity contribution in [2.45, 2.75) is 32.9 Å². The van der Waals surface area contributed by atoms with Crippen LogP contribution in [0.5, 0.6) is 0 Å². The van der Waals surface area contributed by atoms with Crippen LogP contribution in [0.25, 0.3) is 0 Å². The minimum atomic E-state index is -4.36. The maximum Gasteiger partial charge on any atom is 0.356 e. The van der Waals surface area contributed by atoms with Crippen LogP contribution in [0, 0.1) is 0 Å². The number of benzene rings is 1. The van der Waals surface area contributed by atoms with E-state index in [4.69, 9.17) is 5.11 Å². The highest BCUT2D eigenvalue weighted by molar-refractivity contribution is 7.60. The molecular formula is C12H18NO5P. The van der Waals surface area contributed by atoms with Gasteiger partial charge in [-0.25, -0.2) is 0 Å². The molecule has 0 radical (unpaired) electrons. The quantitative estimate of drug-likeness (QED) is 0.594. The van der Waals surface area contributed by atoms with Crippen molar-refractivity contribution < 1.29 is 24.3 Å². The zero-order chi connectivity index (χ0) is 14.6. The molecule has 1 atom stereocenters. The minimum absolute atomic E-state index is 0.0669. The van der Waals surface area contributed by atoms with Crippen molar-refractivity contribution >= 4 is 18.9 Å².